The minimum Gasteiger partial charge on any atom is -0.462 e. The molecule has 0 rings (SSSR count). The van der Waals surface area contributed by atoms with Gasteiger partial charge in [-0.15, -0.1) is 0 Å². The predicted molar refractivity (Wildman–Crippen MR) is 255 cm³/mol. The van der Waals surface area contributed by atoms with Gasteiger partial charge in [0.1, 0.15) is 6.10 Å². The van der Waals surface area contributed by atoms with E-state index < -0.39 is 18.2 Å². The smallest absolute Gasteiger partial charge is 0.306 e. The molecule has 0 heterocycles. The molecule has 6 heteroatoms. The second kappa shape index (κ2) is 47.1. The van der Waals surface area contributed by atoms with E-state index in [4.69, 9.17) is 4.74 Å². The predicted octanol–water partition coefficient (Wildman–Crippen LogP) is 15.3. The van der Waals surface area contributed by atoms with Crippen molar-refractivity contribution in [3.05, 3.63) is 36.5 Å². The highest BCUT2D eigenvalue weighted by Gasteiger charge is 2.24. The van der Waals surface area contributed by atoms with E-state index in [0.717, 1.165) is 77.0 Å². The highest BCUT2D eigenvalue weighted by atomic mass is 16.5. The Balaban J connectivity index is 4.58. The third-order valence-electron chi connectivity index (χ3n) is 11.7. The van der Waals surface area contributed by atoms with Gasteiger partial charge in [-0.2, -0.15) is 0 Å². The van der Waals surface area contributed by atoms with Crippen LogP contribution in [0.3, 0.4) is 0 Å². The Bertz CT molecular complexity index is 977. The number of amides is 1. The number of hydrogen-bond donors (Lipinski definition) is 3. The van der Waals surface area contributed by atoms with Crippen LogP contribution >= 0.6 is 0 Å². The van der Waals surface area contributed by atoms with Crippen LogP contribution in [-0.2, 0) is 14.3 Å². The molecule has 3 N–H and O–H groups in total. The second-order valence-corrected chi connectivity index (χ2v) is 17.6. The SMILES string of the molecule is CCCC/C=C\CCCCCCCC(=O)OC(CCCCCCC/C=C\C/C=C\CCCCC)CC(=O)NC(CO)C(O)CCCCCCCCCCCCCCCC. The van der Waals surface area contributed by atoms with E-state index >= 15 is 0 Å². The average Bonchev–Trinajstić information content (AvgIpc) is 3.23. The maximum Gasteiger partial charge on any atom is 0.306 e. The van der Waals surface area contributed by atoms with Gasteiger partial charge < -0.3 is 20.3 Å². The van der Waals surface area contributed by atoms with Crippen LogP contribution in [0.5, 0.6) is 0 Å². The molecule has 0 aliphatic carbocycles. The van der Waals surface area contributed by atoms with Crippen LogP contribution in [0.25, 0.3) is 0 Å². The molecule has 0 aromatic heterocycles. The van der Waals surface area contributed by atoms with Crippen molar-refractivity contribution in [2.24, 2.45) is 0 Å². The van der Waals surface area contributed by atoms with Gasteiger partial charge in [0, 0.05) is 6.42 Å². The molecule has 3 atom stereocenters. The van der Waals surface area contributed by atoms with Crippen LogP contribution < -0.4 is 5.32 Å². The normalized spacial score (nSPS) is 13.5. The molecule has 0 fully saturated rings. The van der Waals surface area contributed by atoms with E-state index in [9.17, 15) is 19.8 Å². The quantitative estimate of drug-likeness (QED) is 0.0323. The van der Waals surface area contributed by atoms with Gasteiger partial charge in [-0.3, -0.25) is 9.59 Å². The molecule has 0 aromatic rings. The molecule has 0 saturated carbocycles. The zero-order valence-corrected chi connectivity index (χ0v) is 39.4. The van der Waals surface area contributed by atoms with Crippen molar-refractivity contribution in [2.75, 3.05) is 6.61 Å². The topological polar surface area (TPSA) is 95.9 Å². The summed E-state index contributed by atoms with van der Waals surface area (Å²) < 4.78 is 5.92. The zero-order chi connectivity index (χ0) is 43.1. The van der Waals surface area contributed by atoms with E-state index in [2.05, 4.69) is 62.5 Å². The van der Waals surface area contributed by atoms with E-state index in [-0.39, 0.29) is 24.9 Å². The number of ether oxygens (including phenoxy) is 1. The molecular weight excluding hydrogens is 731 g/mol. The largest absolute Gasteiger partial charge is 0.462 e. The second-order valence-electron chi connectivity index (χ2n) is 17.6. The molecule has 3 unspecified atom stereocenters. The van der Waals surface area contributed by atoms with Crippen LogP contribution in [-0.4, -0.2) is 46.9 Å². The van der Waals surface area contributed by atoms with Crippen LogP contribution in [0.1, 0.15) is 265 Å². The number of carbonyl (C=O) groups is 2. The molecule has 0 aliphatic heterocycles. The third-order valence-corrected chi connectivity index (χ3v) is 11.7. The molecule has 0 spiro atoms. The molecule has 59 heavy (non-hydrogen) atoms. The number of allylic oxidation sites excluding steroid dienone is 6. The molecule has 1 amide bonds. The van der Waals surface area contributed by atoms with Crippen molar-refractivity contribution in [1.29, 1.82) is 0 Å². The lowest BCUT2D eigenvalue weighted by Gasteiger charge is -2.24. The number of unbranched alkanes of at least 4 members (excludes halogenated alkanes) is 28. The summed E-state index contributed by atoms with van der Waals surface area (Å²) in [4.78, 5) is 26.1. The molecule has 0 bridgehead atoms. The summed E-state index contributed by atoms with van der Waals surface area (Å²) >= 11 is 0. The number of hydrogen-bond acceptors (Lipinski definition) is 5. The van der Waals surface area contributed by atoms with Crippen LogP contribution in [0.15, 0.2) is 36.5 Å². The Morgan fingerprint density at radius 1 is 0.492 bits per heavy atom. The number of esters is 1. The van der Waals surface area contributed by atoms with Crippen molar-refractivity contribution < 1.29 is 24.5 Å². The molecule has 0 aliphatic rings. The van der Waals surface area contributed by atoms with Crippen molar-refractivity contribution in [1.82, 2.24) is 5.32 Å². The summed E-state index contributed by atoms with van der Waals surface area (Å²) in [5.41, 5.74) is 0. The number of aliphatic hydroxyl groups is 2. The Morgan fingerprint density at radius 3 is 1.39 bits per heavy atom. The highest BCUT2D eigenvalue weighted by molar-refractivity contribution is 5.77. The van der Waals surface area contributed by atoms with Gasteiger partial charge in [0.15, 0.2) is 0 Å². The van der Waals surface area contributed by atoms with Gasteiger partial charge in [-0.1, -0.05) is 211 Å². The van der Waals surface area contributed by atoms with Gasteiger partial charge >= 0.3 is 5.97 Å². The lowest BCUT2D eigenvalue weighted by Crippen LogP contribution is -2.46. The Morgan fingerprint density at radius 2 is 0.881 bits per heavy atom. The average molecular weight is 830 g/mol. The Labute approximate surface area is 366 Å². The lowest BCUT2D eigenvalue weighted by molar-refractivity contribution is -0.151. The molecule has 0 saturated heterocycles. The van der Waals surface area contributed by atoms with Gasteiger partial charge in [0.25, 0.3) is 0 Å². The fourth-order valence-corrected chi connectivity index (χ4v) is 7.74. The van der Waals surface area contributed by atoms with E-state index in [1.54, 1.807) is 0 Å². The molecule has 6 nitrogen and oxygen atoms in total. The van der Waals surface area contributed by atoms with Crippen molar-refractivity contribution in [3.8, 4) is 0 Å². The van der Waals surface area contributed by atoms with Gasteiger partial charge in [-0.05, 0) is 77.0 Å². The first-order chi connectivity index (χ1) is 29.0. The first-order valence-corrected chi connectivity index (χ1v) is 25.7. The summed E-state index contributed by atoms with van der Waals surface area (Å²) in [7, 11) is 0. The van der Waals surface area contributed by atoms with Crippen molar-refractivity contribution in [3.63, 3.8) is 0 Å². The van der Waals surface area contributed by atoms with Crippen LogP contribution in [0, 0.1) is 0 Å². The van der Waals surface area contributed by atoms with Crippen molar-refractivity contribution in [2.45, 2.75) is 283 Å². The van der Waals surface area contributed by atoms with Crippen molar-refractivity contribution >= 4 is 11.9 Å². The molecule has 0 radical (unpaired) electrons. The summed E-state index contributed by atoms with van der Waals surface area (Å²) in [6.45, 7) is 6.42. The Kier molecular flexibility index (Phi) is 45.6. The third kappa shape index (κ3) is 42.6. The fourth-order valence-electron chi connectivity index (χ4n) is 7.74. The summed E-state index contributed by atoms with van der Waals surface area (Å²) in [6, 6.07) is -0.705. The fraction of sp³-hybridized carbons (Fsp3) is 0.849. The Hall–Kier alpha value is -1.92. The minimum atomic E-state index is -0.791. The number of rotatable bonds is 46. The molecular formula is C53H99NO5. The van der Waals surface area contributed by atoms with E-state index in [1.807, 2.05) is 0 Å². The maximum absolute atomic E-state index is 13.2. The van der Waals surface area contributed by atoms with E-state index in [1.165, 1.54) is 141 Å². The summed E-state index contributed by atoms with van der Waals surface area (Å²) in [5, 5.41) is 23.8. The van der Waals surface area contributed by atoms with Crippen LogP contribution in [0.4, 0.5) is 0 Å². The number of carbonyl (C=O) groups excluding carboxylic acids is 2. The first-order valence-electron chi connectivity index (χ1n) is 25.7. The lowest BCUT2D eigenvalue weighted by atomic mass is 10.0. The van der Waals surface area contributed by atoms with E-state index in [0.29, 0.717) is 19.3 Å². The molecule has 0 aromatic carbocycles. The highest BCUT2D eigenvalue weighted by Crippen LogP contribution is 2.18. The summed E-state index contributed by atoms with van der Waals surface area (Å²) in [6.07, 6.45) is 54.8. The zero-order valence-electron chi connectivity index (χ0n) is 39.4. The number of aliphatic hydroxyl groups excluding tert-OH is 2. The van der Waals surface area contributed by atoms with Crippen LogP contribution in [0.2, 0.25) is 0 Å². The molecule has 346 valence electrons. The van der Waals surface area contributed by atoms with Gasteiger partial charge in [0.05, 0.1) is 25.2 Å². The standard InChI is InChI=1S/C53H99NO5/c1-4-7-10-13-16-19-22-24-26-27-30-32-35-38-41-44-49(59-53(58)46-43-40-37-34-29-21-18-15-12-9-6-3)47-52(57)54-50(48-55)51(56)45-42-39-36-33-31-28-25-23-20-17-14-11-8-5-2/h15-16,18-19,24,26,49-51,55-56H,4-14,17,20-23,25,27-48H2,1-3H3,(H,54,57)/b18-15-,19-16-,26-24-. The van der Waals surface area contributed by atoms with Gasteiger partial charge in [0.2, 0.25) is 5.91 Å². The monoisotopic (exact) mass is 830 g/mol. The number of nitrogens with one attached hydrogen (secondary N) is 1. The first kappa shape index (κ1) is 57.1. The minimum absolute atomic E-state index is 0.0669. The summed E-state index contributed by atoms with van der Waals surface area (Å²) in [5.74, 6) is -0.492. The maximum atomic E-state index is 13.2. The van der Waals surface area contributed by atoms with Gasteiger partial charge in [-0.25, -0.2) is 0 Å².